The van der Waals surface area contributed by atoms with Crippen LogP contribution in [-0.2, 0) is 0 Å². The second kappa shape index (κ2) is 4.77. The molecule has 18 heavy (non-hydrogen) atoms. The van der Waals surface area contributed by atoms with Crippen LogP contribution in [0.15, 0.2) is 30.5 Å². The van der Waals surface area contributed by atoms with Crippen molar-refractivity contribution >= 4 is 10.9 Å². The number of aromatic nitrogens is 1. The molecular weight excluding hydrogens is 222 g/mol. The summed E-state index contributed by atoms with van der Waals surface area (Å²) in [5.74, 6) is 0.220. The fourth-order valence-corrected chi connectivity index (χ4v) is 3.21. The number of benzene rings is 1. The van der Waals surface area contributed by atoms with Crippen LogP contribution < -0.4 is 0 Å². The highest BCUT2D eigenvalue weighted by atomic mass is 16.3. The molecule has 2 nitrogen and oxygen atoms in total. The van der Waals surface area contributed by atoms with Gasteiger partial charge < -0.3 is 9.67 Å². The lowest BCUT2D eigenvalue weighted by Gasteiger charge is -2.13. The summed E-state index contributed by atoms with van der Waals surface area (Å²) in [6.07, 6.45) is 7.57. The second-order valence-electron chi connectivity index (χ2n) is 5.53. The Bertz CT molecular complexity index is 537. The van der Waals surface area contributed by atoms with Gasteiger partial charge in [-0.05, 0) is 24.5 Å². The fraction of sp³-hybridized carbons (Fsp3) is 0.500. The van der Waals surface area contributed by atoms with Gasteiger partial charge in [0.15, 0.2) is 0 Å². The SMILES string of the molecule is CC(CO)c1cn(C2CCCC2)c2ccccc12. The predicted octanol–water partition coefficient (Wildman–Crippen LogP) is 3.85. The first-order valence-corrected chi connectivity index (χ1v) is 7.01. The molecule has 1 aromatic carbocycles. The Morgan fingerprint density at radius 3 is 2.72 bits per heavy atom. The molecule has 1 unspecified atom stereocenters. The molecule has 1 saturated carbocycles. The van der Waals surface area contributed by atoms with Crippen LogP contribution in [-0.4, -0.2) is 16.3 Å². The maximum Gasteiger partial charge on any atom is 0.0497 e. The zero-order valence-corrected chi connectivity index (χ0v) is 11.0. The van der Waals surface area contributed by atoms with E-state index in [2.05, 4.69) is 42.0 Å². The lowest BCUT2D eigenvalue weighted by molar-refractivity contribution is 0.273. The molecule has 1 N–H and O–H groups in total. The summed E-state index contributed by atoms with van der Waals surface area (Å²) in [5.41, 5.74) is 2.62. The van der Waals surface area contributed by atoms with E-state index < -0.39 is 0 Å². The van der Waals surface area contributed by atoms with E-state index in [0.29, 0.717) is 6.04 Å². The van der Waals surface area contributed by atoms with Gasteiger partial charge in [0.1, 0.15) is 0 Å². The zero-order chi connectivity index (χ0) is 12.5. The maximum atomic E-state index is 9.41. The molecule has 1 fully saturated rings. The van der Waals surface area contributed by atoms with Gasteiger partial charge in [0.25, 0.3) is 0 Å². The molecule has 96 valence electrons. The highest BCUT2D eigenvalue weighted by molar-refractivity contribution is 5.84. The third-order valence-corrected chi connectivity index (χ3v) is 4.29. The topological polar surface area (TPSA) is 25.2 Å². The van der Waals surface area contributed by atoms with Crippen LogP contribution in [0.4, 0.5) is 0 Å². The van der Waals surface area contributed by atoms with E-state index in [1.165, 1.54) is 42.1 Å². The Kier molecular flexibility index (Phi) is 3.13. The van der Waals surface area contributed by atoms with Crippen molar-refractivity contribution in [2.24, 2.45) is 0 Å². The molecule has 1 aliphatic rings. The Balaban J connectivity index is 2.13. The van der Waals surface area contributed by atoms with Gasteiger partial charge in [-0.2, -0.15) is 0 Å². The van der Waals surface area contributed by atoms with Crippen LogP contribution in [0.1, 0.15) is 50.1 Å². The summed E-state index contributed by atoms with van der Waals surface area (Å²) < 4.78 is 2.45. The number of rotatable bonds is 3. The summed E-state index contributed by atoms with van der Waals surface area (Å²) >= 11 is 0. The van der Waals surface area contributed by atoms with Gasteiger partial charge in [0.05, 0.1) is 0 Å². The third-order valence-electron chi connectivity index (χ3n) is 4.29. The van der Waals surface area contributed by atoms with E-state index in [1.807, 2.05) is 0 Å². The zero-order valence-electron chi connectivity index (χ0n) is 11.0. The number of aliphatic hydroxyl groups excluding tert-OH is 1. The van der Waals surface area contributed by atoms with Crippen LogP contribution in [0.3, 0.4) is 0 Å². The lowest BCUT2D eigenvalue weighted by atomic mass is 10.0. The minimum Gasteiger partial charge on any atom is -0.396 e. The van der Waals surface area contributed by atoms with Gasteiger partial charge >= 0.3 is 0 Å². The number of para-hydroxylation sites is 1. The number of fused-ring (bicyclic) bond motifs is 1. The van der Waals surface area contributed by atoms with Crippen molar-refractivity contribution in [3.63, 3.8) is 0 Å². The molecule has 1 heterocycles. The van der Waals surface area contributed by atoms with Gasteiger partial charge in [0, 0.05) is 35.7 Å². The lowest BCUT2D eigenvalue weighted by Crippen LogP contribution is -2.03. The van der Waals surface area contributed by atoms with Crippen LogP contribution in [0.25, 0.3) is 10.9 Å². The monoisotopic (exact) mass is 243 g/mol. The van der Waals surface area contributed by atoms with E-state index in [1.54, 1.807) is 0 Å². The van der Waals surface area contributed by atoms with Gasteiger partial charge in [0.2, 0.25) is 0 Å². The molecule has 2 aromatic rings. The van der Waals surface area contributed by atoms with E-state index in [0.717, 1.165) is 0 Å². The molecule has 0 bridgehead atoms. The summed E-state index contributed by atoms with van der Waals surface area (Å²) in [6.45, 7) is 2.32. The quantitative estimate of drug-likeness (QED) is 0.870. The Labute approximate surface area is 108 Å². The smallest absolute Gasteiger partial charge is 0.0497 e. The van der Waals surface area contributed by atoms with Crippen LogP contribution in [0.2, 0.25) is 0 Å². The maximum absolute atomic E-state index is 9.41. The van der Waals surface area contributed by atoms with Gasteiger partial charge in [-0.15, -0.1) is 0 Å². The Morgan fingerprint density at radius 2 is 2.00 bits per heavy atom. The molecule has 1 atom stereocenters. The molecular formula is C16H21NO. The molecule has 1 aromatic heterocycles. The van der Waals surface area contributed by atoms with Crippen LogP contribution in [0, 0.1) is 0 Å². The van der Waals surface area contributed by atoms with Gasteiger partial charge in [-0.3, -0.25) is 0 Å². The van der Waals surface area contributed by atoms with E-state index in [4.69, 9.17) is 0 Å². The average Bonchev–Trinajstić information content (AvgIpc) is 3.04. The number of hydrogen-bond donors (Lipinski definition) is 1. The van der Waals surface area contributed by atoms with E-state index in [-0.39, 0.29) is 12.5 Å². The van der Waals surface area contributed by atoms with Crippen molar-refractivity contribution < 1.29 is 5.11 Å². The van der Waals surface area contributed by atoms with Crippen molar-refractivity contribution in [2.45, 2.75) is 44.6 Å². The summed E-state index contributed by atoms with van der Waals surface area (Å²) in [6, 6.07) is 9.26. The summed E-state index contributed by atoms with van der Waals surface area (Å²) in [4.78, 5) is 0. The molecule has 0 saturated heterocycles. The molecule has 3 rings (SSSR count). The van der Waals surface area contributed by atoms with Crippen molar-refractivity contribution in [3.05, 3.63) is 36.0 Å². The normalized spacial score (nSPS) is 18.6. The fourth-order valence-electron chi connectivity index (χ4n) is 3.21. The standard InChI is InChI=1S/C16H21NO/c1-12(11-18)15-10-17(13-6-2-3-7-13)16-9-5-4-8-14(15)16/h4-5,8-10,12-13,18H,2-3,6-7,11H2,1H3. The van der Waals surface area contributed by atoms with Gasteiger partial charge in [-0.25, -0.2) is 0 Å². The number of hydrogen-bond acceptors (Lipinski definition) is 1. The average molecular weight is 243 g/mol. The predicted molar refractivity (Wildman–Crippen MR) is 74.9 cm³/mol. The highest BCUT2D eigenvalue weighted by Crippen LogP contribution is 2.36. The first-order chi connectivity index (χ1) is 8.81. The molecule has 0 radical (unpaired) electrons. The number of aliphatic hydroxyl groups is 1. The third kappa shape index (κ3) is 1.85. The molecule has 0 spiro atoms. The highest BCUT2D eigenvalue weighted by Gasteiger charge is 2.21. The van der Waals surface area contributed by atoms with Crippen molar-refractivity contribution in [3.8, 4) is 0 Å². The first-order valence-electron chi connectivity index (χ1n) is 7.01. The largest absolute Gasteiger partial charge is 0.396 e. The van der Waals surface area contributed by atoms with E-state index >= 15 is 0 Å². The van der Waals surface area contributed by atoms with Crippen molar-refractivity contribution in [2.75, 3.05) is 6.61 Å². The molecule has 1 aliphatic carbocycles. The second-order valence-corrected chi connectivity index (χ2v) is 5.53. The first kappa shape index (κ1) is 11.8. The van der Waals surface area contributed by atoms with Gasteiger partial charge in [-0.1, -0.05) is 38.0 Å². The molecule has 0 aliphatic heterocycles. The minimum atomic E-state index is 0.220. The minimum absolute atomic E-state index is 0.220. The van der Waals surface area contributed by atoms with Crippen LogP contribution >= 0.6 is 0 Å². The number of nitrogens with zero attached hydrogens (tertiary/aromatic N) is 1. The van der Waals surface area contributed by atoms with Crippen LogP contribution in [0.5, 0.6) is 0 Å². The molecule has 0 amide bonds. The summed E-state index contributed by atoms with van der Waals surface area (Å²) in [7, 11) is 0. The summed E-state index contributed by atoms with van der Waals surface area (Å²) in [5, 5.41) is 10.7. The van der Waals surface area contributed by atoms with Crippen molar-refractivity contribution in [1.29, 1.82) is 0 Å². The Morgan fingerprint density at radius 1 is 1.28 bits per heavy atom. The van der Waals surface area contributed by atoms with E-state index in [9.17, 15) is 5.11 Å². The Hall–Kier alpha value is -1.28. The van der Waals surface area contributed by atoms with Crippen molar-refractivity contribution in [1.82, 2.24) is 4.57 Å². The molecule has 2 heteroatoms.